The number of aliphatic hydroxyl groups is 1. The van der Waals surface area contributed by atoms with E-state index >= 15 is 0 Å². The van der Waals surface area contributed by atoms with Gasteiger partial charge in [0.15, 0.2) is 0 Å². The molecule has 1 heterocycles. The molecular formula is C16H20Cl2N2O. The van der Waals surface area contributed by atoms with Gasteiger partial charge in [-0.15, -0.1) is 0 Å². The lowest BCUT2D eigenvalue weighted by Gasteiger charge is -2.10. The zero-order valence-corrected chi connectivity index (χ0v) is 14.0. The Bertz CT molecular complexity index is 635. The molecule has 1 atom stereocenters. The Balaban J connectivity index is 2.41. The van der Waals surface area contributed by atoms with E-state index in [-0.39, 0.29) is 0 Å². The number of aryl methyl sites for hydroxylation is 1. The quantitative estimate of drug-likeness (QED) is 0.883. The Morgan fingerprint density at radius 2 is 1.90 bits per heavy atom. The molecule has 3 nitrogen and oxygen atoms in total. The fourth-order valence-electron chi connectivity index (χ4n) is 2.62. The Hall–Kier alpha value is -1.03. The monoisotopic (exact) mass is 326 g/mol. The summed E-state index contributed by atoms with van der Waals surface area (Å²) in [7, 11) is 0. The number of nitrogens with zero attached hydrogens (tertiary/aromatic N) is 2. The predicted molar refractivity (Wildman–Crippen MR) is 87.2 cm³/mol. The van der Waals surface area contributed by atoms with Crippen LogP contribution in [0.2, 0.25) is 10.0 Å². The highest BCUT2D eigenvalue weighted by Crippen LogP contribution is 2.26. The van der Waals surface area contributed by atoms with Crippen LogP contribution in [0.25, 0.3) is 0 Å². The lowest BCUT2D eigenvalue weighted by atomic mass is 10.0. The van der Waals surface area contributed by atoms with E-state index in [2.05, 4.69) is 18.9 Å². The van der Waals surface area contributed by atoms with Crippen LogP contribution in [0.3, 0.4) is 0 Å². The smallest absolute Gasteiger partial charge is 0.0798 e. The molecule has 0 fully saturated rings. The van der Waals surface area contributed by atoms with Gasteiger partial charge in [-0.2, -0.15) is 5.10 Å². The molecule has 1 aromatic heterocycles. The van der Waals surface area contributed by atoms with Gasteiger partial charge in [-0.1, -0.05) is 43.1 Å². The molecule has 2 aromatic rings. The average Bonchev–Trinajstić information content (AvgIpc) is 2.80. The molecule has 1 unspecified atom stereocenters. The maximum absolute atomic E-state index is 10.0. The Morgan fingerprint density at radius 1 is 1.19 bits per heavy atom. The van der Waals surface area contributed by atoms with Crippen LogP contribution >= 0.6 is 23.2 Å². The van der Waals surface area contributed by atoms with E-state index < -0.39 is 6.10 Å². The van der Waals surface area contributed by atoms with Gasteiger partial charge in [0.25, 0.3) is 0 Å². The van der Waals surface area contributed by atoms with Crippen molar-refractivity contribution in [2.24, 2.45) is 0 Å². The molecule has 0 saturated heterocycles. The fourth-order valence-corrected chi connectivity index (χ4v) is 2.94. The lowest BCUT2D eigenvalue weighted by molar-refractivity contribution is 0.197. The molecular weight excluding hydrogens is 307 g/mol. The number of hydrogen-bond acceptors (Lipinski definition) is 2. The summed E-state index contributed by atoms with van der Waals surface area (Å²) in [5, 5.41) is 15.8. The van der Waals surface area contributed by atoms with Gasteiger partial charge in [-0.25, -0.2) is 0 Å². The zero-order chi connectivity index (χ0) is 15.6. The largest absolute Gasteiger partial charge is 0.389 e. The summed E-state index contributed by atoms with van der Waals surface area (Å²) in [6, 6.07) is 5.60. The topological polar surface area (TPSA) is 38.0 Å². The van der Waals surface area contributed by atoms with Gasteiger partial charge in [-0.05, 0) is 37.5 Å². The maximum Gasteiger partial charge on any atom is 0.0798 e. The van der Waals surface area contributed by atoms with Crippen LogP contribution in [0, 0.1) is 0 Å². The second-order valence-electron chi connectivity index (χ2n) is 5.10. The van der Waals surface area contributed by atoms with Crippen LogP contribution in [0.4, 0.5) is 0 Å². The third-order valence-corrected chi connectivity index (χ3v) is 4.32. The SMILES string of the molecule is CCc1nn(Cc2ccc(Cl)c(Cl)c2)c(CC)c1C(C)O. The summed E-state index contributed by atoms with van der Waals surface area (Å²) < 4.78 is 1.96. The molecule has 0 saturated carbocycles. The summed E-state index contributed by atoms with van der Waals surface area (Å²) in [6.07, 6.45) is 1.13. The summed E-state index contributed by atoms with van der Waals surface area (Å²) in [5.41, 5.74) is 4.04. The zero-order valence-electron chi connectivity index (χ0n) is 12.5. The summed E-state index contributed by atoms with van der Waals surface area (Å²) in [5.74, 6) is 0. The van der Waals surface area contributed by atoms with Crippen molar-refractivity contribution < 1.29 is 5.11 Å². The summed E-state index contributed by atoms with van der Waals surface area (Å²) in [6.45, 7) is 6.55. The first kappa shape index (κ1) is 16.3. The molecule has 0 bridgehead atoms. The molecule has 0 radical (unpaired) electrons. The third-order valence-electron chi connectivity index (χ3n) is 3.58. The van der Waals surface area contributed by atoms with Gasteiger partial charge in [0.2, 0.25) is 0 Å². The van der Waals surface area contributed by atoms with E-state index in [9.17, 15) is 5.11 Å². The number of hydrogen-bond donors (Lipinski definition) is 1. The first-order chi connectivity index (χ1) is 9.97. The normalized spacial score (nSPS) is 12.7. The highest BCUT2D eigenvalue weighted by molar-refractivity contribution is 6.42. The average molecular weight is 327 g/mol. The van der Waals surface area contributed by atoms with Crippen LogP contribution in [-0.2, 0) is 19.4 Å². The van der Waals surface area contributed by atoms with Crippen molar-refractivity contribution in [2.75, 3.05) is 0 Å². The predicted octanol–water partition coefficient (Wildman–Crippen LogP) is 4.42. The second-order valence-corrected chi connectivity index (χ2v) is 5.91. The Kier molecular flexibility index (Phi) is 5.31. The molecule has 1 aromatic carbocycles. The van der Waals surface area contributed by atoms with Gasteiger partial charge >= 0.3 is 0 Å². The van der Waals surface area contributed by atoms with E-state index in [0.29, 0.717) is 16.6 Å². The minimum absolute atomic E-state index is 0.502. The van der Waals surface area contributed by atoms with Crippen molar-refractivity contribution >= 4 is 23.2 Å². The highest BCUT2D eigenvalue weighted by atomic mass is 35.5. The van der Waals surface area contributed by atoms with Gasteiger partial charge in [0.05, 0.1) is 28.4 Å². The van der Waals surface area contributed by atoms with Crippen LogP contribution in [0.15, 0.2) is 18.2 Å². The molecule has 0 aliphatic heterocycles. The van der Waals surface area contributed by atoms with Gasteiger partial charge < -0.3 is 5.11 Å². The van der Waals surface area contributed by atoms with Crippen LogP contribution in [0.1, 0.15) is 49.4 Å². The van der Waals surface area contributed by atoms with Crippen molar-refractivity contribution in [3.63, 3.8) is 0 Å². The molecule has 2 rings (SSSR count). The van der Waals surface area contributed by atoms with Gasteiger partial charge in [0, 0.05) is 11.3 Å². The first-order valence-electron chi connectivity index (χ1n) is 7.18. The molecule has 0 spiro atoms. The van der Waals surface area contributed by atoms with Crippen LogP contribution in [0.5, 0.6) is 0 Å². The van der Waals surface area contributed by atoms with Crippen molar-refractivity contribution in [3.05, 3.63) is 50.8 Å². The summed E-state index contributed by atoms with van der Waals surface area (Å²) in [4.78, 5) is 0. The van der Waals surface area contributed by atoms with Crippen LogP contribution in [-0.4, -0.2) is 14.9 Å². The van der Waals surface area contributed by atoms with E-state index in [0.717, 1.165) is 35.4 Å². The standard InChI is InChI=1S/C16H20Cl2N2O/c1-4-14-16(10(3)21)15(5-2)20(19-14)9-11-6-7-12(17)13(18)8-11/h6-8,10,21H,4-5,9H2,1-3H3. The van der Waals surface area contributed by atoms with Crippen molar-refractivity contribution in [2.45, 2.75) is 46.3 Å². The first-order valence-corrected chi connectivity index (χ1v) is 7.93. The van der Waals surface area contributed by atoms with Crippen LogP contribution < -0.4 is 0 Å². The molecule has 21 heavy (non-hydrogen) atoms. The number of benzene rings is 1. The van der Waals surface area contributed by atoms with Crippen molar-refractivity contribution in [1.29, 1.82) is 0 Å². The third kappa shape index (κ3) is 3.42. The van der Waals surface area contributed by atoms with E-state index in [1.807, 2.05) is 16.8 Å². The Morgan fingerprint density at radius 3 is 2.43 bits per heavy atom. The van der Waals surface area contributed by atoms with E-state index in [1.165, 1.54) is 0 Å². The molecule has 114 valence electrons. The number of halogens is 2. The number of aliphatic hydroxyl groups excluding tert-OH is 1. The highest BCUT2D eigenvalue weighted by Gasteiger charge is 2.19. The van der Waals surface area contributed by atoms with Crippen molar-refractivity contribution in [3.8, 4) is 0 Å². The number of rotatable bonds is 5. The molecule has 5 heteroatoms. The van der Waals surface area contributed by atoms with E-state index in [1.54, 1.807) is 13.0 Å². The molecule has 0 aliphatic rings. The minimum atomic E-state index is -0.502. The molecule has 0 aliphatic carbocycles. The molecule has 0 amide bonds. The van der Waals surface area contributed by atoms with E-state index in [4.69, 9.17) is 23.2 Å². The Labute approximate surface area is 135 Å². The maximum atomic E-state index is 10.0. The second kappa shape index (κ2) is 6.82. The van der Waals surface area contributed by atoms with Crippen molar-refractivity contribution in [1.82, 2.24) is 9.78 Å². The lowest BCUT2D eigenvalue weighted by Crippen LogP contribution is -2.07. The van der Waals surface area contributed by atoms with Gasteiger partial charge in [-0.3, -0.25) is 4.68 Å². The fraction of sp³-hybridized carbons (Fsp3) is 0.438. The summed E-state index contributed by atoms with van der Waals surface area (Å²) >= 11 is 12.0. The van der Waals surface area contributed by atoms with Gasteiger partial charge in [0.1, 0.15) is 0 Å². The minimum Gasteiger partial charge on any atom is -0.389 e. The molecule has 1 N–H and O–H groups in total. The number of aromatic nitrogens is 2.